The molecule has 2 aromatic rings. The van der Waals surface area contributed by atoms with Crippen molar-refractivity contribution in [2.45, 2.75) is 26.4 Å². The number of nitrogens with zero attached hydrogens (tertiary/aromatic N) is 2. The second kappa shape index (κ2) is 6.60. The van der Waals surface area contributed by atoms with Gasteiger partial charge in [-0.15, -0.1) is 0 Å². The minimum atomic E-state index is -0.266. The maximum absolute atomic E-state index is 5.81. The fraction of sp³-hybridized carbons (Fsp3) is 0.400. The average molecular weight is 290 g/mol. The number of aryl methyl sites for hydroxylation is 2. The number of hydrogen-bond acceptors (Lipinski definition) is 5. The van der Waals surface area contributed by atoms with Gasteiger partial charge in [0.25, 0.3) is 0 Å². The second-order valence-corrected chi connectivity index (χ2v) is 4.76. The smallest absolute Gasteiger partial charge is 0.161 e. The third-order valence-electron chi connectivity index (χ3n) is 3.50. The monoisotopic (exact) mass is 290 g/mol. The Labute approximate surface area is 124 Å². The Kier molecular flexibility index (Phi) is 4.82. The van der Waals surface area contributed by atoms with E-state index in [0.717, 1.165) is 29.1 Å². The topological polar surface area (TPSA) is 74.3 Å². The summed E-state index contributed by atoms with van der Waals surface area (Å²) in [6, 6.07) is 5.73. The number of aromatic nitrogens is 2. The van der Waals surface area contributed by atoms with Crippen LogP contribution < -0.4 is 20.7 Å². The largest absolute Gasteiger partial charge is 0.496 e. The summed E-state index contributed by atoms with van der Waals surface area (Å²) in [5.41, 5.74) is 5.82. The molecule has 0 saturated heterocycles. The van der Waals surface area contributed by atoms with Crippen LogP contribution in [0.5, 0.6) is 11.5 Å². The van der Waals surface area contributed by atoms with Crippen LogP contribution >= 0.6 is 0 Å². The molecule has 3 N–H and O–H groups in total. The quantitative estimate of drug-likeness (QED) is 0.626. The van der Waals surface area contributed by atoms with Gasteiger partial charge in [-0.1, -0.05) is 17.7 Å². The molecule has 1 heterocycles. The van der Waals surface area contributed by atoms with Crippen molar-refractivity contribution in [3.8, 4) is 11.5 Å². The molecule has 0 aliphatic carbocycles. The number of hydrogen-bond donors (Lipinski definition) is 2. The highest BCUT2D eigenvalue weighted by Crippen LogP contribution is 2.34. The summed E-state index contributed by atoms with van der Waals surface area (Å²) in [4.78, 5) is 0. The van der Waals surface area contributed by atoms with Gasteiger partial charge in [-0.3, -0.25) is 10.5 Å². The Morgan fingerprint density at radius 3 is 2.57 bits per heavy atom. The molecule has 1 aromatic heterocycles. The van der Waals surface area contributed by atoms with Gasteiger partial charge in [-0.05, 0) is 19.9 Å². The van der Waals surface area contributed by atoms with Crippen LogP contribution in [0, 0.1) is 6.92 Å². The van der Waals surface area contributed by atoms with Gasteiger partial charge in [0.15, 0.2) is 5.75 Å². The van der Waals surface area contributed by atoms with Crippen molar-refractivity contribution in [3.63, 3.8) is 0 Å². The van der Waals surface area contributed by atoms with Crippen LogP contribution in [0.1, 0.15) is 29.8 Å². The molecule has 6 heteroatoms. The van der Waals surface area contributed by atoms with Crippen LogP contribution in [0.25, 0.3) is 0 Å². The maximum atomic E-state index is 5.81. The molecule has 0 aliphatic rings. The van der Waals surface area contributed by atoms with Crippen molar-refractivity contribution in [2.24, 2.45) is 5.84 Å². The van der Waals surface area contributed by atoms with Gasteiger partial charge >= 0.3 is 0 Å². The van der Waals surface area contributed by atoms with Gasteiger partial charge in [-0.25, -0.2) is 5.43 Å². The van der Waals surface area contributed by atoms with Crippen molar-refractivity contribution in [1.29, 1.82) is 0 Å². The summed E-state index contributed by atoms with van der Waals surface area (Å²) in [5.74, 6) is 7.28. The first kappa shape index (κ1) is 15.3. The Morgan fingerprint density at radius 1 is 1.29 bits per heavy atom. The molecule has 6 nitrogen and oxygen atoms in total. The molecule has 0 spiro atoms. The van der Waals surface area contributed by atoms with Gasteiger partial charge in [0, 0.05) is 12.1 Å². The molecule has 0 radical (unpaired) electrons. The number of rotatable bonds is 6. The lowest BCUT2D eigenvalue weighted by molar-refractivity contribution is 0.388. The average Bonchev–Trinajstić information content (AvgIpc) is 2.91. The lowest BCUT2D eigenvalue weighted by atomic mass is 10.00. The normalized spacial score (nSPS) is 12.2. The maximum Gasteiger partial charge on any atom is 0.161 e. The molecule has 0 aliphatic heterocycles. The number of ether oxygens (including phenoxy) is 2. The zero-order chi connectivity index (χ0) is 15.4. The van der Waals surface area contributed by atoms with Crippen molar-refractivity contribution in [1.82, 2.24) is 15.2 Å². The first-order chi connectivity index (χ1) is 10.2. The third-order valence-corrected chi connectivity index (χ3v) is 3.50. The van der Waals surface area contributed by atoms with E-state index in [4.69, 9.17) is 15.3 Å². The second-order valence-electron chi connectivity index (χ2n) is 4.76. The first-order valence-electron chi connectivity index (χ1n) is 6.86. The zero-order valence-corrected chi connectivity index (χ0v) is 12.9. The number of hydrazine groups is 1. The van der Waals surface area contributed by atoms with Gasteiger partial charge < -0.3 is 9.47 Å². The fourth-order valence-electron chi connectivity index (χ4n) is 2.47. The van der Waals surface area contributed by atoms with Gasteiger partial charge in [0.2, 0.25) is 0 Å². The van der Waals surface area contributed by atoms with Crippen LogP contribution in [-0.4, -0.2) is 24.0 Å². The van der Waals surface area contributed by atoms with Crippen molar-refractivity contribution in [2.75, 3.05) is 14.2 Å². The van der Waals surface area contributed by atoms with Crippen LogP contribution in [0.2, 0.25) is 0 Å². The molecule has 0 amide bonds. The van der Waals surface area contributed by atoms with E-state index in [1.54, 1.807) is 20.4 Å². The Bertz CT molecular complexity index is 588. The molecule has 0 saturated carbocycles. The molecule has 1 atom stereocenters. The molecule has 21 heavy (non-hydrogen) atoms. The molecule has 1 unspecified atom stereocenters. The van der Waals surface area contributed by atoms with E-state index in [9.17, 15) is 0 Å². The summed E-state index contributed by atoms with van der Waals surface area (Å²) in [5, 5.41) is 4.33. The highest BCUT2D eigenvalue weighted by atomic mass is 16.5. The number of benzene rings is 1. The lowest BCUT2D eigenvalue weighted by Gasteiger charge is -2.21. The van der Waals surface area contributed by atoms with Crippen LogP contribution in [-0.2, 0) is 6.54 Å². The Morgan fingerprint density at radius 2 is 2.00 bits per heavy atom. The van der Waals surface area contributed by atoms with E-state index in [-0.39, 0.29) is 6.04 Å². The number of nitrogens with one attached hydrogen (secondary N) is 1. The molecule has 1 aromatic carbocycles. The summed E-state index contributed by atoms with van der Waals surface area (Å²) in [6.45, 7) is 4.78. The highest BCUT2D eigenvalue weighted by molar-refractivity contribution is 5.45. The van der Waals surface area contributed by atoms with E-state index in [1.807, 2.05) is 30.7 Å². The van der Waals surface area contributed by atoms with E-state index in [1.165, 1.54) is 0 Å². The summed E-state index contributed by atoms with van der Waals surface area (Å²) in [6.07, 6.45) is 1.70. The predicted molar refractivity (Wildman–Crippen MR) is 81.4 cm³/mol. The fourth-order valence-corrected chi connectivity index (χ4v) is 2.47. The van der Waals surface area contributed by atoms with Crippen LogP contribution in [0.15, 0.2) is 24.4 Å². The summed E-state index contributed by atoms with van der Waals surface area (Å²) >= 11 is 0. The van der Waals surface area contributed by atoms with E-state index >= 15 is 0 Å². The SMILES string of the molecule is CCn1ncc(OC)c1C(NN)c1cc(C)ccc1OC. The molecule has 114 valence electrons. The molecule has 0 fully saturated rings. The molecule has 0 bridgehead atoms. The van der Waals surface area contributed by atoms with Crippen molar-refractivity contribution < 1.29 is 9.47 Å². The Hall–Kier alpha value is -2.05. The van der Waals surface area contributed by atoms with E-state index in [2.05, 4.69) is 16.6 Å². The standard InChI is InChI=1S/C15H22N4O2/c1-5-19-15(13(21-4)9-17-19)14(18-16)11-8-10(2)6-7-12(11)20-3/h6-9,14,18H,5,16H2,1-4H3. The number of nitrogens with two attached hydrogens (primary N) is 1. The third kappa shape index (κ3) is 2.86. The lowest BCUT2D eigenvalue weighted by Crippen LogP contribution is -2.31. The summed E-state index contributed by atoms with van der Waals surface area (Å²) < 4.78 is 12.7. The van der Waals surface area contributed by atoms with Crippen LogP contribution in [0.4, 0.5) is 0 Å². The van der Waals surface area contributed by atoms with E-state index in [0.29, 0.717) is 5.75 Å². The van der Waals surface area contributed by atoms with Gasteiger partial charge in [-0.2, -0.15) is 5.10 Å². The number of methoxy groups -OCH3 is 2. The van der Waals surface area contributed by atoms with Gasteiger partial charge in [0.1, 0.15) is 11.4 Å². The predicted octanol–water partition coefficient (Wildman–Crippen LogP) is 1.78. The minimum Gasteiger partial charge on any atom is -0.496 e. The van der Waals surface area contributed by atoms with Crippen molar-refractivity contribution in [3.05, 3.63) is 41.2 Å². The molecular weight excluding hydrogens is 268 g/mol. The summed E-state index contributed by atoms with van der Waals surface area (Å²) in [7, 11) is 3.28. The van der Waals surface area contributed by atoms with Crippen LogP contribution in [0.3, 0.4) is 0 Å². The van der Waals surface area contributed by atoms with E-state index < -0.39 is 0 Å². The minimum absolute atomic E-state index is 0.266. The zero-order valence-electron chi connectivity index (χ0n) is 12.9. The van der Waals surface area contributed by atoms with Gasteiger partial charge in [0.05, 0.1) is 26.5 Å². The Balaban J connectivity index is 2.59. The highest BCUT2D eigenvalue weighted by Gasteiger charge is 2.25. The molecule has 2 rings (SSSR count). The van der Waals surface area contributed by atoms with Crippen molar-refractivity contribution >= 4 is 0 Å². The first-order valence-corrected chi connectivity index (χ1v) is 6.86. The molecular formula is C15H22N4O2.